The van der Waals surface area contributed by atoms with E-state index in [1.54, 1.807) is 48.4 Å². The van der Waals surface area contributed by atoms with Gasteiger partial charge in [-0.1, -0.05) is 60.1 Å². The Morgan fingerprint density at radius 1 is 0.939 bits per heavy atom. The molecule has 0 spiro atoms. The third kappa shape index (κ3) is 5.65. The number of urea groups is 1. The van der Waals surface area contributed by atoms with Crippen LogP contribution in [0.15, 0.2) is 78.9 Å². The normalized spacial score (nSPS) is 17.8. The number of likely N-dealkylation sites (tertiary alicyclic amines) is 1. The summed E-state index contributed by atoms with van der Waals surface area (Å²) in [6, 6.07) is 24.0. The number of benzene rings is 3. The Bertz CT molecular complexity index is 1120. The van der Waals surface area contributed by atoms with E-state index in [4.69, 9.17) is 16.3 Å². The van der Waals surface area contributed by atoms with Gasteiger partial charge >= 0.3 is 6.03 Å². The first-order valence-corrected chi connectivity index (χ1v) is 11.2. The van der Waals surface area contributed by atoms with E-state index in [-0.39, 0.29) is 23.8 Å². The fourth-order valence-electron chi connectivity index (χ4n) is 4.17. The van der Waals surface area contributed by atoms with Crippen LogP contribution in [0.5, 0.6) is 5.75 Å². The molecule has 0 aliphatic carbocycles. The molecule has 170 valence electrons. The van der Waals surface area contributed by atoms with Crippen LogP contribution in [0.3, 0.4) is 0 Å². The maximum atomic E-state index is 13.2. The van der Waals surface area contributed by atoms with Crippen molar-refractivity contribution >= 4 is 34.9 Å². The van der Waals surface area contributed by atoms with Crippen molar-refractivity contribution in [1.29, 1.82) is 0 Å². The number of rotatable bonds is 5. The lowest BCUT2D eigenvalue weighted by atomic mass is 9.84. The van der Waals surface area contributed by atoms with Crippen molar-refractivity contribution in [2.75, 3.05) is 30.8 Å². The molecule has 33 heavy (non-hydrogen) atoms. The van der Waals surface area contributed by atoms with Crippen molar-refractivity contribution in [3.05, 3.63) is 89.4 Å². The molecular weight excluding hydrogens is 438 g/mol. The topological polar surface area (TPSA) is 70.7 Å². The highest BCUT2D eigenvalue weighted by Crippen LogP contribution is 2.32. The molecule has 1 saturated heterocycles. The van der Waals surface area contributed by atoms with Gasteiger partial charge in [-0.3, -0.25) is 4.79 Å². The van der Waals surface area contributed by atoms with Gasteiger partial charge in [-0.2, -0.15) is 0 Å². The first-order valence-electron chi connectivity index (χ1n) is 10.8. The zero-order chi connectivity index (χ0) is 23.2. The van der Waals surface area contributed by atoms with Gasteiger partial charge < -0.3 is 20.3 Å². The van der Waals surface area contributed by atoms with Crippen LogP contribution in [0.2, 0.25) is 5.02 Å². The van der Waals surface area contributed by atoms with Gasteiger partial charge in [-0.05, 0) is 42.3 Å². The summed E-state index contributed by atoms with van der Waals surface area (Å²) in [5.74, 6) is 0.121. The van der Waals surface area contributed by atoms with Crippen LogP contribution in [0.4, 0.5) is 16.2 Å². The van der Waals surface area contributed by atoms with Crippen LogP contribution in [-0.4, -0.2) is 37.0 Å². The molecule has 4 rings (SSSR count). The van der Waals surface area contributed by atoms with Gasteiger partial charge in [0.05, 0.1) is 18.7 Å². The number of carbonyl (C=O) groups is 2. The predicted octanol–water partition coefficient (Wildman–Crippen LogP) is 5.62. The Morgan fingerprint density at radius 3 is 2.45 bits per heavy atom. The van der Waals surface area contributed by atoms with Gasteiger partial charge in [0.25, 0.3) is 0 Å². The number of anilines is 2. The molecule has 1 aliphatic heterocycles. The van der Waals surface area contributed by atoms with Gasteiger partial charge in [0.15, 0.2) is 0 Å². The lowest BCUT2D eigenvalue weighted by molar-refractivity contribution is -0.121. The fourth-order valence-corrected chi connectivity index (χ4v) is 4.36. The summed E-state index contributed by atoms with van der Waals surface area (Å²) in [7, 11) is 1.56. The fraction of sp³-hybridized carbons (Fsp3) is 0.231. The van der Waals surface area contributed by atoms with Crippen LogP contribution < -0.4 is 15.4 Å². The molecule has 1 fully saturated rings. The Labute approximate surface area is 198 Å². The molecule has 0 radical (unpaired) electrons. The molecule has 6 nitrogen and oxygen atoms in total. The molecule has 1 aliphatic rings. The highest BCUT2D eigenvalue weighted by molar-refractivity contribution is 6.30. The number of para-hydroxylation sites is 2. The van der Waals surface area contributed by atoms with E-state index < -0.39 is 0 Å². The summed E-state index contributed by atoms with van der Waals surface area (Å²) in [5.41, 5.74) is 2.33. The predicted molar refractivity (Wildman–Crippen MR) is 131 cm³/mol. The number of piperidine rings is 1. The molecular formula is C26H26ClN3O3. The largest absolute Gasteiger partial charge is 0.495 e. The van der Waals surface area contributed by atoms with E-state index in [2.05, 4.69) is 10.6 Å². The van der Waals surface area contributed by atoms with Gasteiger partial charge in [-0.15, -0.1) is 0 Å². The maximum Gasteiger partial charge on any atom is 0.321 e. The number of ether oxygens (including phenoxy) is 1. The number of methoxy groups -OCH3 is 1. The van der Waals surface area contributed by atoms with Crippen molar-refractivity contribution in [3.63, 3.8) is 0 Å². The zero-order valence-corrected chi connectivity index (χ0v) is 19.1. The number of hydrogen-bond donors (Lipinski definition) is 2. The SMILES string of the molecule is COc1ccccc1NC(=O)N1CC(C(=O)Nc2cccc(Cl)c2)CC(c2ccccc2)C1. The third-order valence-corrected chi connectivity index (χ3v) is 6.06. The summed E-state index contributed by atoms with van der Waals surface area (Å²) < 4.78 is 5.35. The smallest absolute Gasteiger partial charge is 0.321 e. The molecule has 1 heterocycles. The van der Waals surface area contributed by atoms with Gasteiger partial charge in [0.2, 0.25) is 5.91 Å². The van der Waals surface area contributed by atoms with Crippen LogP contribution in [0.25, 0.3) is 0 Å². The molecule has 3 aromatic rings. The Kier molecular flexibility index (Phi) is 7.15. The Hall–Kier alpha value is -3.51. The number of amides is 3. The van der Waals surface area contributed by atoms with E-state index >= 15 is 0 Å². The lowest BCUT2D eigenvalue weighted by Crippen LogP contribution is -2.48. The van der Waals surface area contributed by atoms with Crippen LogP contribution in [0, 0.1) is 5.92 Å². The van der Waals surface area contributed by atoms with Crippen molar-refractivity contribution in [2.45, 2.75) is 12.3 Å². The second kappa shape index (κ2) is 10.4. The Morgan fingerprint density at radius 2 is 1.70 bits per heavy atom. The molecule has 3 aromatic carbocycles. The lowest BCUT2D eigenvalue weighted by Gasteiger charge is -2.37. The van der Waals surface area contributed by atoms with Crippen LogP contribution in [-0.2, 0) is 4.79 Å². The maximum absolute atomic E-state index is 13.2. The number of nitrogens with one attached hydrogen (secondary N) is 2. The zero-order valence-electron chi connectivity index (χ0n) is 18.3. The van der Waals surface area contributed by atoms with Gasteiger partial charge in [-0.25, -0.2) is 4.79 Å². The number of halogens is 1. The van der Waals surface area contributed by atoms with E-state index in [1.165, 1.54) is 0 Å². The molecule has 0 aromatic heterocycles. The van der Waals surface area contributed by atoms with Crippen molar-refractivity contribution in [1.82, 2.24) is 4.90 Å². The van der Waals surface area contributed by atoms with Crippen LogP contribution in [0.1, 0.15) is 17.9 Å². The number of nitrogens with zero attached hydrogens (tertiary/aromatic N) is 1. The van der Waals surface area contributed by atoms with E-state index in [0.717, 1.165) is 5.56 Å². The molecule has 7 heteroatoms. The molecule has 2 N–H and O–H groups in total. The monoisotopic (exact) mass is 463 g/mol. The first kappa shape index (κ1) is 22.7. The van der Waals surface area contributed by atoms with E-state index in [0.29, 0.717) is 41.7 Å². The second-order valence-electron chi connectivity index (χ2n) is 8.08. The van der Waals surface area contributed by atoms with E-state index in [1.807, 2.05) is 42.5 Å². The standard InChI is InChI=1S/C26H26ClN3O3/c1-33-24-13-6-5-12-23(24)29-26(32)30-16-19(18-8-3-2-4-9-18)14-20(17-30)25(31)28-22-11-7-10-21(27)15-22/h2-13,15,19-20H,14,16-17H2,1H3,(H,28,31)(H,29,32). The summed E-state index contributed by atoms with van der Waals surface area (Å²) >= 11 is 6.06. The third-order valence-electron chi connectivity index (χ3n) is 5.82. The molecule has 2 unspecified atom stereocenters. The average Bonchev–Trinajstić information content (AvgIpc) is 2.84. The summed E-state index contributed by atoms with van der Waals surface area (Å²) in [6.07, 6.45) is 0.648. The average molecular weight is 464 g/mol. The number of hydrogen-bond acceptors (Lipinski definition) is 3. The Balaban J connectivity index is 1.54. The second-order valence-corrected chi connectivity index (χ2v) is 8.51. The summed E-state index contributed by atoms with van der Waals surface area (Å²) in [6.45, 7) is 0.836. The van der Waals surface area contributed by atoms with Crippen molar-refractivity contribution in [2.24, 2.45) is 5.92 Å². The first-order chi connectivity index (χ1) is 16.0. The minimum atomic E-state index is -0.369. The van der Waals surface area contributed by atoms with E-state index in [9.17, 15) is 9.59 Å². The van der Waals surface area contributed by atoms with Gasteiger partial charge in [0, 0.05) is 29.7 Å². The molecule has 0 bridgehead atoms. The highest BCUT2D eigenvalue weighted by Gasteiger charge is 2.35. The molecule has 2 atom stereocenters. The van der Waals surface area contributed by atoms with Crippen molar-refractivity contribution in [3.8, 4) is 5.75 Å². The van der Waals surface area contributed by atoms with Gasteiger partial charge in [0.1, 0.15) is 5.75 Å². The minimum absolute atomic E-state index is 0.0403. The highest BCUT2D eigenvalue weighted by atomic mass is 35.5. The summed E-state index contributed by atoms with van der Waals surface area (Å²) in [4.78, 5) is 28.0. The quantitative estimate of drug-likeness (QED) is 0.515. The van der Waals surface area contributed by atoms with Crippen molar-refractivity contribution < 1.29 is 14.3 Å². The molecule has 3 amide bonds. The summed E-state index contributed by atoms with van der Waals surface area (Å²) in [5, 5.41) is 6.44. The molecule has 0 saturated carbocycles. The minimum Gasteiger partial charge on any atom is -0.495 e. The number of carbonyl (C=O) groups excluding carboxylic acids is 2. The van der Waals surface area contributed by atoms with Crippen LogP contribution >= 0.6 is 11.6 Å².